The zero-order valence-corrected chi connectivity index (χ0v) is 10.7. The number of amides is 1. The molecule has 2 atom stereocenters. The molecule has 3 N–H and O–H groups in total. The van der Waals surface area contributed by atoms with Crippen molar-refractivity contribution in [3.8, 4) is 0 Å². The molecule has 0 aromatic carbocycles. The van der Waals surface area contributed by atoms with Crippen LogP contribution in [-0.4, -0.2) is 45.4 Å². The van der Waals surface area contributed by atoms with Crippen LogP contribution in [0.2, 0.25) is 0 Å². The summed E-state index contributed by atoms with van der Waals surface area (Å²) in [5.41, 5.74) is 5.43. The number of rotatable bonds is 8. The molecule has 0 saturated carbocycles. The van der Waals surface area contributed by atoms with E-state index in [0.717, 1.165) is 0 Å². The number of hydrogen-bond donors (Lipinski definition) is 2. The van der Waals surface area contributed by atoms with E-state index in [9.17, 15) is 4.79 Å². The van der Waals surface area contributed by atoms with E-state index in [2.05, 4.69) is 19.2 Å². The molecule has 0 aliphatic rings. The molecule has 5 nitrogen and oxygen atoms in total. The van der Waals surface area contributed by atoms with Crippen LogP contribution in [0.3, 0.4) is 0 Å². The fourth-order valence-electron chi connectivity index (χ4n) is 1.35. The minimum Gasteiger partial charge on any atom is -0.380 e. The molecular formula is C11H24N2O3. The molecule has 5 heteroatoms. The van der Waals surface area contributed by atoms with Crippen molar-refractivity contribution >= 4 is 5.91 Å². The zero-order valence-electron chi connectivity index (χ0n) is 10.7. The molecule has 0 aromatic heterocycles. The highest BCUT2D eigenvalue weighted by Crippen LogP contribution is 2.04. The molecule has 0 aromatic rings. The molecule has 0 bridgehead atoms. The van der Waals surface area contributed by atoms with E-state index >= 15 is 0 Å². The molecule has 0 saturated heterocycles. The third-order valence-electron chi connectivity index (χ3n) is 2.56. The molecule has 0 heterocycles. The molecule has 16 heavy (non-hydrogen) atoms. The summed E-state index contributed by atoms with van der Waals surface area (Å²) in [6.45, 7) is 4.98. The maximum absolute atomic E-state index is 11.5. The van der Waals surface area contributed by atoms with Gasteiger partial charge in [-0.2, -0.15) is 0 Å². The molecular weight excluding hydrogens is 208 g/mol. The van der Waals surface area contributed by atoms with Gasteiger partial charge in [0, 0.05) is 27.3 Å². The Kier molecular flexibility index (Phi) is 8.15. The molecule has 0 spiro atoms. The van der Waals surface area contributed by atoms with E-state index < -0.39 is 0 Å². The summed E-state index contributed by atoms with van der Waals surface area (Å²) < 4.78 is 10.3. The van der Waals surface area contributed by atoms with Crippen LogP contribution in [-0.2, 0) is 14.3 Å². The summed E-state index contributed by atoms with van der Waals surface area (Å²) in [4.78, 5) is 11.5. The van der Waals surface area contributed by atoms with Gasteiger partial charge in [-0.25, -0.2) is 0 Å². The Hall–Kier alpha value is -0.650. The lowest BCUT2D eigenvalue weighted by Gasteiger charge is -2.20. The first-order chi connectivity index (χ1) is 7.54. The van der Waals surface area contributed by atoms with Gasteiger partial charge in [0.25, 0.3) is 0 Å². The van der Waals surface area contributed by atoms with Crippen molar-refractivity contribution in [1.82, 2.24) is 5.32 Å². The van der Waals surface area contributed by atoms with Gasteiger partial charge in [0.2, 0.25) is 5.91 Å². The first-order valence-corrected chi connectivity index (χ1v) is 5.57. The van der Waals surface area contributed by atoms with E-state index in [-0.39, 0.29) is 18.1 Å². The van der Waals surface area contributed by atoms with E-state index in [1.807, 2.05) is 0 Å². The predicted octanol–water partition coefficient (Wildman–Crippen LogP) is 0.137. The molecule has 2 unspecified atom stereocenters. The molecule has 0 aliphatic carbocycles. The summed E-state index contributed by atoms with van der Waals surface area (Å²) in [5.74, 6) is 0.318. The van der Waals surface area contributed by atoms with Crippen LogP contribution in [0.1, 0.15) is 20.3 Å². The second kappa shape index (κ2) is 8.50. The molecule has 96 valence electrons. The quantitative estimate of drug-likeness (QED) is 0.624. The Morgan fingerprint density at radius 2 is 1.94 bits per heavy atom. The lowest BCUT2D eigenvalue weighted by molar-refractivity contribution is -0.124. The van der Waals surface area contributed by atoms with Gasteiger partial charge in [0.15, 0.2) is 0 Å². The minimum atomic E-state index is -0.208. The molecule has 0 rings (SSSR count). The maximum Gasteiger partial charge on any atom is 0.222 e. The summed E-state index contributed by atoms with van der Waals surface area (Å²) in [5, 5.41) is 2.81. The van der Waals surface area contributed by atoms with Crippen molar-refractivity contribution in [2.24, 2.45) is 11.7 Å². The Morgan fingerprint density at radius 3 is 2.31 bits per heavy atom. The van der Waals surface area contributed by atoms with Gasteiger partial charge >= 0.3 is 0 Å². The van der Waals surface area contributed by atoms with Crippen LogP contribution in [0.25, 0.3) is 0 Å². The second-order valence-corrected chi connectivity index (χ2v) is 4.12. The fourth-order valence-corrected chi connectivity index (χ4v) is 1.35. The second-order valence-electron chi connectivity index (χ2n) is 4.12. The first kappa shape index (κ1) is 15.3. The van der Waals surface area contributed by atoms with Crippen LogP contribution in [0.5, 0.6) is 0 Å². The van der Waals surface area contributed by atoms with E-state index in [1.54, 1.807) is 14.2 Å². The van der Waals surface area contributed by atoms with Crippen molar-refractivity contribution in [2.45, 2.75) is 32.5 Å². The van der Waals surface area contributed by atoms with Crippen molar-refractivity contribution in [2.75, 3.05) is 27.3 Å². The van der Waals surface area contributed by atoms with Gasteiger partial charge in [-0.1, -0.05) is 13.8 Å². The highest BCUT2D eigenvalue weighted by molar-refractivity contribution is 5.76. The van der Waals surface area contributed by atoms with Gasteiger partial charge in [-0.3, -0.25) is 4.79 Å². The zero-order chi connectivity index (χ0) is 12.6. The van der Waals surface area contributed by atoms with Gasteiger partial charge in [0.05, 0.1) is 18.6 Å². The summed E-state index contributed by atoms with van der Waals surface area (Å²) in [6.07, 6.45) is 0.129. The largest absolute Gasteiger partial charge is 0.380 e. The van der Waals surface area contributed by atoms with Crippen LogP contribution in [0.4, 0.5) is 0 Å². The van der Waals surface area contributed by atoms with E-state index in [4.69, 9.17) is 15.2 Å². The molecule has 0 radical (unpaired) electrons. The Bertz CT molecular complexity index is 194. The van der Waals surface area contributed by atoms with Crippen molar-refractivity contribution in [3.63, 3.8) is 0 Å². The van der Waals surface area contributed by atoms with Crippen LogP contribution < -0.4 is 11.1 Å². The predicted molar refractivity (Wildman–Crippen MR) is 63.1 cm³/mol. The van der Waals surface area contributed by atoms with Gasteiger partial charge in [-0.05, 0) is 5.92 Å². The number of nitrogens with two attached hydrogens (primary N) is 1. The topological polar surface area (TPSA) is 73.6 Å². The molecule has 1 amide bonds. The SMILES string of the molecule is COC(CN)CC(=O)NCC(OC)C(C)C. The lowest BCUT2D eigenvalue weighted by atomic mass is 10.1. The number of methoxy groups -OCH3 is 2. The highest BCUT2D eigenvalue weighted by Gasteiger charge is 2.15. The normalized spacial score (nSPS) is 14.9. The maximum atomic E-state index is 11.5. The van der Waals surface area contributed by atoms with Gasteiger partial charge < -0.3 is 20.5 Å². The number of carbonyl (C=O) groups is 1. The number of hydrogen-bond acceptors (Lipinski definition) is 4. The van der Waals surface area contributed by atoms with Crippen molar-refractivity contribution in [1.29, 1.82) is 0 Å². The standard InChI is InChI=1S/C11H24N2O3/c1-8(2)10(16-4)7-13-11(14)5-9(6-12)15-3/h8-10H,5-7,12H2,1-4H3,(H,13,14). The van der Waals surface area contributed by atoms with Crippen LogP contribution in [0, 0.1) is 5.92 Å². The number of carbonyl (C=O) groups excluding carboxylic acids is 1. The smallest absolute Gasteiger partial charge is 0.222 e. The van der Waals surface area contributed by atoms with Gasteiger partial charge in [0.1, 0.15) is 0 Å². The fraction of sp³-hybridized carbons (Fsp3) is 0.909. The average molecular weight is 232 g/mol. The Labute approximate surface area is 97.7 Å². The average Bonchev–Trinajstić information content (AvgIpc) is 2.26. The minimum absolute atomic E-state index is 0.0443. The lowest BCUT2D eigenvalue weighted by Crippen LogP contribution is -2.38. The Balaban J connectivity index is 3.87. The highest BCUT2D eigenvalue weighted by atomic mass is 16.5. The van der Waals surface area contributed by atoms with Crippen LogP contribution in [0.15, 0.2) is 0 Å². The van der Waals surface area contributed by atoms with Crippen molar-refractivity contribution in [3.05, 3.63) is 0 Å². The number of nitrogens with one attached hydrogen (secondary N) is 1. The third kappa shape index (κ3) is 6.05. The molecule has 0 fully saturated rings. The van der Waals surface area contributed by atoms with Crippen LogP contribution >= 0.6 is 0 Å². The monoisotopic (exact) mass is 232 g/mol. The first-order valence-electron chi connectivity index (χ1n) is 5.57. The summed E-state index contributed by atoms with van der Waals surface area (Å²) in [6, 6.07) is 0. The summed E-state index contributed by atoms with van der Waals surface area (Å²) >= 11 is 0. The van der Waals surface area contributed by atoms with E-state index in [0.29, 0.717) is 25.4 Å². The number of ether oxygens (including phenoxy) is 2. The molecule has 0 aliphatic heterocycles. The van der Waals surface area contributed by atoms with Gasteiger partial charge in [-0.15, -0.1) is 0 Å². The summed E-state index contributed by atoms with van der Waals surface area (Å²) in [7, 11) is 3.20. The van der Waals surface area contributed by atoms with E-state index in [1.165, 1.54) is 0 Å². The third-order valence-corrected chi connectivity index (χ3v) is 2.56. The van der Waals surface area contributed by atoms with Crippen molar-refractivity contribution < 1.29 is 14.3 Å². The Morgan fingerprint density at radius 1 is 1.31 bits per heavy atom.